The summed E-state index contributed by atoms with van der Waals surface area (Å²) in [7, 11) is 0. The number of anilines is 1. The maximum Gasteiger partial charge on any atom is 0.342 e. The number of para-hydroxylation sites is 1. The third kappa shape index (κ3) is 6.05. The summed E-state index contributed by atoms with van der Waals surface area (Å²) in [6, 6.07) is 17.8. The van der Waals surface area contributed by atoms with Gasteiger partial charge in [0.25, 0.3) is 5.91 Å². The minimum absolute atomic E-state index is 0.248. The molecule has 148 valence electrons. The number of esters is 1. The number of carbonyl (C=O) groups excluding carboxylic acids is 2. The summed E-state index contributed by atoms with van der Waals surface area (Å²) in [5.74, 6) is -0.452. The molecule has 1 aromatic heterocycles. The van der Waals surface area contributed by atoms with Crippen LogP contribution in [0.25, 0.3) is 0 Å². The van der Waals surface area contributed by atoms with E-state index in [1.165, 1.54) is 6.20 Å². The van der Waals surface area contributed by atoms with Crippen molar-refractivity contribution in [3.8, 4) is 5.75 Å². The van der Waals surface area contributed by atoms with Gasteiger partial charge in [0.05, 0.1) is 5.02 Å². The van der Waals surface area contributed by atoms with Gasteiger partial charge in [-0.3, -0.25) is 4.79 Å². The molecule has 0 atom stereocenters. The van der Waals surface area contributed by atoms with Gasteiger partial charge < -0.3 is 14.8 Å². The topological polar surface area (TPSA) is 77.5 Å². The Morgan fingerprint density at radius 3 is 2.66 bits per heavy atom. The molecular formula is C22H19ClN2O4. The van der Waals surface area contributed by atoms with E-state index in [1.54, 1.807) is 36.4 Å². The molecule has 0 fully saturated rings. The van der Waals surface area contributed by atoms with E-state index >= 15 is 0 Å². The number of aromatic nitrogens is 1. The summed E-state index contributed by atoms with van der Waals surface area (Å²) < 4.78 is 10.9. The third-order valence-electron chi connectivity index (χ3n) is 3.91. The predicted molar refractivity (Wildman–Crippen MR) is 110 cm³/mol. The Kier molecular flexibility index (Phi) is 6.81. The van der Waals surface area contributed by atoms with Crippen LogP contribution in [-0.2, 0) is 16.1 Å². The monoisotopic (exact) mass is 410 g/mol. The first kappa shape index (κ1) is 20.4. The average Bonchev–Trinajstić information content (AvgIpc) is 2.72. The number of pyridine rings is 1. The third-order valence-corrected chi connectivity index (χ3v) is 4.14. The van der Waals surface area contributed by atoms with Crippen LogP contribution in [0.1, 0.15) is 21.5 Å². The second-order valence-corrected chi connectivity index (χ2v) is 6.70. The lowest BCUT2D eigenvalue weighted by Crippen LogP contribution is -2.21. The summed E-state index contributed by atoms with van der Waals surface area (Å²) in [6.45, 7) is 1.86. The number of amides is 1. The van der Waals surface area contributed by atoms with Crippen LogP contribution in [0.15, 0.2) is 66.9 Å². The molecule has 0 aliphatic carbocycles. The van der Waals surface area contributed by atoms with Crippen molar-refractivity contribution in [3.63, 3.8) is 0 Å². The Morgan fingerprint density at radius 1 is 1.07 bits per heavy atom. The van der Waals surface area contributed by atoms with Gasteiger partial charge in [-0.15, -0.1) is 0 Å². The molecule has 3 aromatic rings. The van der Waals surface area contributed by atoms with Crippen molar-refractivity contribution >= 4 is 29.3 Å². The van der Waals surface area contributed by atoms with E-state index in [4.69, 9.17) is 21.1 Å². The number of nitrogens with zero attached hydrogens (tertiary/aromatic N) is 1. The van der Waals surface area contributed by atoms with Crippen LogP contribution in [0.3, 0.4) is 0 Å². The molecule has 6 nitrogen and oxygen atoms in total. The van der Waals surface area contributed by atoms with Crippen molar-refractivity contribution in [2.45, 2.75) is 13.5 Å². The number of halogens is 1. The van der Waals surface area contributed by atoms with Crippen LogP contribution in [0.2, 0.25) is 5.02 Å². The second kappa shape index (κ2) is 9.71. The summed E-state index contributed by atoms with van der Waals surface area (Å²) >= 11 is 5.75. The van der Waals surface area contributed by atoms with Gasteiger partial charge in [0.15, 0.2) is 6.61 Å². The summed E-state index contributed by atoms with van der Waals surface area (Å²) in [5, 5.41) is 2.98. The van der Waals surface area contributed by atoms with Crippen LogP contribution in [0.4, 0.5) is 5.82 Å². The molecule has 1 heterocycles. The highest BCUT2D eigenvalue weighted by molar-refractivity contribution is 6.30. The summed E-state index contributed by atoms with van der Waals surface area (Å²) in [4.78, 5) is 28.3. The molecule has 0 aliphatic rings. The Balaban J connectivity index is 1.57. The fraction of sp³-hybridized carbons (Fsp3) is 0.136. The zero-order valence-corrected chi connectivity index (χ0v) is 16.5. The van der Waals surface area contributed by atoms with Crippen LogP contribution < -0.4 is 10.1 Å². The number of hydrogen-bond donors (Lipinski definition) is 1. The maximum absolute atomic E-state index is 12.4. The number of rotatable bonds is 7. The van der Waals surface area contributed by atoms with Crippen molar-refractivity contribution < 1.29 is 19.1 Å². The summed E-state index contributed by atoms with van der Waals surface area (Å²) in [6.07, 6.45) is 1.41. The Labute approximate surface area is 173 Å². The predicted octanol–water partition coefficient (Wildman–Crippen LogP) is 4.42. The van der Waals surface area contributed by atoms with Crippen LogP contribution in [-0.4, -0.2) is 23.5 Å². The molecule has 0 radical (unpaired) electrons. The van der Waals surface area contributed by atoms with Crippen molar-refractivity contribution in [2.24, 2.45) is 0 Å². The van der Waals surface area contributed by atoms with Crippen molar-refractivity contribution in [1.29, 1.82) is 0 Å². The number of benzene rings is 2. The number of carbonyl (C=O) groups is 2. The molecule has 29 heavy (non-hydrogen) atoms. The van der Waals surface area contributed by atoms with Crippen LogP contribution in [0, 0.1) is 6.92 Å². The molecule has 0 bridgehead atoms. The zero-order valence-electron chi connectivity index (χ0n) is 15.7. The highest BCUT2D eigenvalue weighted by Crippen LogP contribution is 2.20. The van der Waals surface area contributed by atoms with E-state index in [-0.39, 0.29) is 5.56 Å². The molecular weight excluding hydrogens is 392 g/mol. The first-order chi connectivity index (χ1) is 14.0. The average molecular weight is 411 g/mol. The van der Waals surface area contributed by atoms with E-state index in [2.05, 4.69) is 10.3 Å². The lowest BCUT2D eigenvalue weighted by atomic mass is 10.1. The molecule has 0 unspecified atom stereocenters. The smallest absolute Gasteiger partial charge is 0.342 e. The van der Waals surface area contributed by atoms with E-state index < -0.39 is 18.5 Å². The molecule has 3 rings (SSSR count). The van der Waals surface area contributed by atoms with E-state index in [1.807, 2.05) is 31.2 Å². The van der Waals surface area contributed by atoms with Crippen LogP contribution >= 0.6 is 11.6 Å². The Hall–Kier alpha value is -3.38. The largest absolute Gasteiger partial charge is 0.488 e. The number of hydrogen-bond acceptors (Lipinski definition) is 5. The lowest BCUT2D eigenvalue weighted by Gasteiger charge is -2.11. The molecule has 1 amide bonds. The van der Waals surface area contributed by atoms with Gasteiger partial charge in [-0.1, -0.05) is 53.6 Å². The number of ether oxygens (including phenoxy) is 2. The second-order valence-electron chi connectivity index (χ2n) is 6.26. The molecule has 1 N–H and O–H groups in total. The Bertz CT molecular complexity index is 1010. The normalized spacial score (nSPS) is 10.3. The fourth-order valence-electron chi connectivity index (χ4n) is 2.56. The number of nitrogens with one attached hydrogen (secondary N) is 1. The van der Waals surface area contributed by atoms with Crippen molar-refractivity contribution in [1.82, 2.24) is 4.98 Å². The first-order valence-corrected chi connectivity index (χ1v) is 9.25. The number of aryl methyl sites for hydroxylation is 1. The fourth-order valence-corrected chi connectivity index (χ4v) is 2.67. The van der Waals surface area contributed by atoms with Gasteiger partial charge in [0, 0.05) is 6.20 Å². The zero-order chi connectivity index (χ0) is 20.6. The van der Waals surface area contributed by atoms with E-state index in [0.717, 1.165) is 11.1 Å². The first-order valence-electron chi connectivity index (χ1n) is 8.87. The maximum atomic E-state index is 12.4. The van der Waals surface area contributed by atoms with Gasteiger partial charge in [-0.2, -0.15) is 0 Å². The lowest BCUT2D eigenvalue weighted by molar-refractivity contribution is -0.119. The van der Waals surface area contributed by atoms with Gasteiger partial charge in [0.1, 0.15) is 23.7 Å². The standard InChI is InChI=1S/C22H19ClN2O4/c1-15-5-4-6-16(11-15)13-28-19-8-3-2-7-18(19)22(27)29-14-21(26)25-20-10-9-17(23)12-24-20/h2-12H,13-14H2,1H3,(H,24,25,26). The van der Waals surface area contributed by atoms with Crippen molar-refractivity contribution in [3.05, 3.63) is 88.6 Å². The van der Waals surface area contributed by atoms with Gasteiger partial charge >= 0.3 is 5.97 Å². The van der Waals surface area contributed by atoms with E-state index in [0.29, 0.717) is 23.2 Å². The summed E-state index contributed by atoms with van der Waals surface area (Å²) in [5.41, 5.74) is 2.36. The highest BCUT2D eigenvalue weighted by atomic mass is 35.5. The van der Waals surface area contributed by atoms with E-state index in [9.17, 15) is 9.59 Å². The molecule has 0 saturated heterocycles. The van der Waals surface area contributed by atoms with Gasteiger partial charge in [0.2, 0.25) is 0 Å². The van der Waals surface area contributed by atoms with Crippen LogP contribution in [0.5, 0.6) is 5.75 Å². The van der Waals surface area contributed by atoms with Gasteiger partial charge in [-0.25, -0.2) is 9.78 Å². The molecule has 0 aliphatic heterocycles. The van der Waals surface area contributed by atoms with Gasteiger partial charge in [-0.05, 0) is 36.8 Å². The Morgan fingerprint density at radius 2 is 1.90 bits per heavy atom. The molecule has 0 saturated carbocycles. The highest BCUT2D eigenvalue weighted by Gasteiger charge is 2.15. The molecule has 2 aromatic carbocycles. The molecule has 7 heteroatoms. The minimum Gasteiger partial charge on any atom is -0.488 e. The minimum atomic E-state index is -0.649. The molecule has 0 spiro atoms. The SMILES string of the molecule is Cc1cccc(COc2ccccc2C(=O)OCC(=O)Nc2ccc(Cl)cn2)c1. The quantitative estimate of drug-likeness (QED) is 0.583. The van der Waals surface area contributed by atoms with Crippen molar-refractivity contribution in [2.75, 3.05) is 11.9 Å².